The Hall–Kier alpha value is -0.780. The minimum Gasteiger partial charge on any atom is -0.338 e. The highest BCUT2D eigenvalue weighted by Crippen LogP contribution is 2.27. The third-order valence-electron chi connectivity index (χ3n) is 1.54. The number of amides is 2. The minimum absolute atomic E-state index is 0.347. The summed E-state index contributed by atoms with van der Waals surface area (Å²) in [5.41, 5.74) is 0. The van der Waals surface area contributed by atoms with Crippen LogP contribution in [0.1, 0.15) is 19.8 Å². The maximum absolute atomic E-state index is 11.1. The zero-order chi connectivity index (χ0) is 9.19. The Morgan fingerprint density at radius 3 is 2.50 bits per heavy atom. The average molecular weight is 192 g/mol. The number of hydrogen-bond donors (Lipinski definition) is 2. The molecule has 0 aliphatic heterocycles. The lowest BCUT2D eigenvalue weighted by Crippen LogP contribution is -2.40. The van der Waals surface area contributed by atoms with Gasteiger partial charge < -0.3 is 5.32 Å². The van der Waals surface area contributed by atoms with E-state index in [1.165, 1.54) is 0 Å². The first-order valence-electron chi connectivity index (χ1n) is 3.85. The molecule has 2 amide bonds. The first kappa shape index (κ1) is 9.31. The quantitative estimate of drug-likeness (QED) is 0.650. The van der Waals surface area contributed by atoms with Gasteiger partial charge in [-0.1, -0.05) is 0 Å². The second-order valence-electron chi connectivity index (χ2n) is 2.71. The Morgan fingerprint density at radius 2 is 2.08 bits per heavy atom. The van der Waals surface area contributed by atoms with Gasteiger partial charge in [-0.25, -0.2) is 17.9 Å². The van der Waals surface area contributed by atoms with Gasteiger partial charge in [-0.15, -0.1) is 0 Å². The van der Waals surface area contributed by atoms with Crippen molar-refractivity contribution in [2.45, 2.75) is 25.0 Å². The zero-order valence-electron chi connectivity index (χ0n) is 6.83. The summed E-state index contributed by atoms with van der Waals surface area (Å²) in [6, 6.07) is -0.635. The van der Waals surface area contributed by atoms with Crippen LogP contribution in [0.4, 0.5) is 4.79 Å². The van der Waals surface area contributed by atoms with Crippen LogP contribution in [0.5, 0.6) is 0 Å². The molecule has 0 heterocycles. The summed E-state index contributed by atoms with van der Waals surface area (Å²) in [5.74, 6) is 0. The number of hydrogen-bond acceptors (Lipinski definition) is 3. The number of sulfonamides is 1. The fourth-order valence-electron chi connectivity index (χ4n) is 0.788. The summed E-state index contributed by atoms with van der Waals surface area (Å²) in [7, 11) is -3.37. The molecule has 0 aromatic carbocycles. The smallest absolute Gasteiger partial charge is 0.328 e. The van der Waals surface area contributed by atoms with Gasteiger partial charge in [0, 0.05) is 6.54 Å². The van der Waals surface area contributed by atoms with Crippen LogP contribution < -0.4 is 10.0 Å². The van der Waals surface area contributed by atoms with Gasteiger partial charge >= 0.3 is 6.03 Å². The Balaban J connectivity index is 2.44. The van der Waals surface area contributed by atoms with E-state index in [-0.39, 0.29) is 5.25 Å². The van der Waals surface area contributed by atoms with Crippen LogP contribution in [0.15, 0.2) is 0 Å². The molecule has 1 aliphatic carbocycles. The fourth-order valence-corrected chi connectivity index (χ4v) is 2.04. The predicted octanol–water partition coefficient (Wildman–Crippen LogP) is -0.202. The van der Waals surface area contributed by atoms with Crippen LogP contribution in [0.3, 0.4) is 0 Å². The minimum atomic E-state index is -3.37. The molecule has 1 rings (SSSR count). The molecule has 1 saturated carbocycles. The second kappa shape index (κ2) is 3.30. The lowest BCUT2D eigenvalue weighted by molar-refractivity contribution is 0.246. The van der Waals surface area contributed by atoms with Gasteiger partial charge in [-0.3, -0.25) is 0 Å². The molecule has 0 unspecified atom stereocenters. The number of nitrogens with one attached hydrogen (secondary N) is 2. The monoisotopic (exact) mass is 192 g/mol. The standard InChI is InChI=1S/C6H12N2O3S/c1-2-7-6(9)8-12(10,11)5-3-4-5/h5H,2-4H2,1H3,(H2,7,8,9). The number of carbonyl (C=O) groups is 1. The highest BCUT2D eigenvalue weighted by Gasteiger charge is 2.36. The molecule has 5 nitrogen and oxygen atoms in total. The normalized spacial score (nSPS) is 17.1. The predicted molar refractivity (Wildman–Crippen MR) is 44.2 cm³/mol. The van der Waals surface area contributed by atoms with Crippen LogP contribution in [0, 0.1) is 0 Å². The molecule has 0 bridgehead atoms. The van der Waals surface area contributed by atoms with Crippen LogP contribution >= 0.6 is 0 Å². The van der Waals surface area contributed by atoms with Gasteiger partial charge in [0.15, 0.2) is 0 Å². The van der Waals surface area contributed by atoms with Crippen molar-refractivity contribution in [3.8, 4) is 0 Å². The molecule has 0 saturated heterocycles. The number of rotatable bonds is 3. The van der Waals surface area contributed by atoms with Crippen molar-refractivity contribution in [2.24, 2.45) is 0 Å². The Kier molecular flexibility index (Phi) is 2.56. The molecule has 6 heteroatoms. The van der Waals surface area contributed by atoms with Crippen molar-refractivity contribution in [1.82, 2.24) is 10.0 Å². The lowest BCUT2D eigenvalue weighted by Gasteiger charge is -2.04. The molecule has 70 valence electrons. The van der Waals surface area contributed by atoms with E-state index >= 15 is 0 Å². The van der Waals surface area contributed by atoms with E-state index in [4.69, 9.17) is 0 Å². The molecule has 0 aromatic heterocycles. The lowest BCUT2D eigenvalue weighted by atomic mass is 10.7. The maximum atomic E-state index is 11.1. The van der Waals surface area contributed by atoms with Gasteiger partial charge in [-0.05, 0) is 19.8 Å². The molecule has 1 fully saturated rings. The Bertz CT molecular complexity index is 269. The van der Waals surface area contributed by atoms with Crippen LogP contribution in [-0.4, -0.2) is 26.2 Å². The third-order valence-corrected chi connectivity index (χ3v) is 3.35. The highest BCUT2D eigenvalue weighted by molar-refractivity contribution is 7.90. The Morgan fingerprint density at radius 1 is 1.50 bits per heavy atom. The molecule has 2 N–H and O–H groups in total. The molecular weight excluding hydrogens is 180 g/mol. The summed E-state index contributed by atoms with van der Waals surface area (Å²) >= 11 is 0. The summed E-state index contributed by atoms with van der Waals surface area (Å²) in [4.78, 5) is 10.8. The molecule has 0 aromatic rings. The number of carbonyl (C=O) groups excluding carboxylic acids is 1. The molecular formula is C6H12N2O3S. The summed E-state index contributed by atoms with van der Waals surface area (Å²) in [5, 5.41) is 2.01. The van der Waals surface area contributed by atoms with Crippen LogP contribution in [-0.2, 0) is 10.0 Å². The Labute approximate surface area is 71.6 Å². The zero-order valence-corrected chi connectivity index (χ0v) is 7.65. The van der Waals surface area contributed by atoms with E-state index in [9.17, 15) is 13.2 Å². The van der Waals surface area contributed by atoms with Crippen molar-refractivity contribution >= 4 is 16.1 Å². The molecule has 0 spiro atoms. The van der Waals surface area contributed by atoms with Crippen LogP contribution in [0.25, 0.3) is 0 Å². The van der Waals surface area contributed by atoms with E-state index in [0.29, 0.717) is 19.4 Å². The molecule has 0 atom stereocenters. The van der Waals surface area contributed by atoms with Gasteiger partial charge in [0.2, 0.25) is 10.0 Å². The van der Waals surface area contributed by atoms with Crippen LogP contribution in [0.2, 0.25) is 0 Å². The van der Waals surface area contributed by atoms with E-state index in [1.807, 2.05) is 4.72 Å². The van der Waals surface area contributed by atoms with Crippen molar-refractivity contribution < 1.29 is 13.2 Å². The van der Waals surface area contributed by atoms with E-state index < -0.39 is 16.1 Å². The highest BCUT2D eigenvalue weighted by atomic mass is 32.2. The molecule has 12 heavy (non-hydrogen) atoms. The van der Waals surface area contributed by atoms with Gasteiger partial charge in [-0.2, -0.15) is 0 Å². The first-order valence-corrected chi connectivity index (χ1v) is 5.40. The number of urea groups is 1. The topological polar surface area (TPSA) is 75.3 Å². The van der Waals surface area contributed by atoms with Gasteiger partial charge in [0.05, 0.1) is 5.25 Å². The average Bonchev–Trinajstić information content (AvgIpc) is 2.65. The molecule has 0 radical (unpaired) electrons. The summed E-state index contributed by atoms with van der Waals surface area (Å²) in [6.45, 7) is 2.15. The van der Waals surface area contributed by atoms with Crippen molar-refractivity contribution in [2.75, 3.05) is 6.54 Å². The second-order valence-corrected chi connectivity index (χ2v) is 4.67. The van der Waals surface area contributed by atoms with E-state index in [1.54, 1.807) is 6.92 Å². The fraction of sp³-hybridized carbons (Fsp3) is 0.833. The third kappa shape index (κ3) is 2.37. The summed E-state index contributed by atoms with van der Waals surface area (Å²) < 4.78 is 24.2. The maximum Gasteiger partial charge on any atom is 0.328 e. The van der Waals surface area contributed by atoms with E-state index in [2.05, 4.69) is 5.32 Å². The SMILES string of the molecule is CCNC(=O)NS(=O)(=O)C1CC1. The van der Waals surface area contributed by atoms with E-state index in [0.717, 1.165) is 0 Å². The first-order chi connectivity index (χ1) is 5.56. The van der Waals surface area contributed by atoms with Gasteiger partial charge in [0.25, 0.3) is 0 Å². The van der Waals surface area contributed by atoms with Crippen molar-refractivity contribution in [3.63, 3.8) is 0 Å². The largest absolute Gasteiger partial charge is 0.338 e. The molecule has 1 aliphatic rings. The van der Waals surface area contributed by atoms with Crippen molar-refractivity contribution in [1.29, 1.82) is 0 Å². The van der Waals surface area contributed by atoms with Gasteiger partial charge in [0.1, 0.15) is 0 Å². The summed E-state index contributed by atoms with van der Waals surface area (Å²) in [6.07, 6.45) is 1.32. The van der Waals surface area contributed by atoms with Crippen molar-refractivity contribution in [3.05, 3.63) is 0 Å².